The number of pyridine rings is 1. The van der Waals surface area contributed by atoms with Crippen LogP contribution in [0.3, 0.4) is 0 Å². The Bertz CT molecular complexity index is 860. The lowest BCUT2D eigenvalue weighted by Crippen LogP contribution is -2.10. The lowest BCUT2D eigenvalue weighted by atomic mass is 10.1. The quantitative estimate of drug-likeness (QED) is 0.746. The van der Waals surface area contributed by atoms with Crippen molar-refractivity contribution in [2.75, 3.05) is 7.11 Å². The molecule has 0 aliphatic carbocycles. The number of hydrogen-bond donors (Lipinski definition) is 1. The Labute approximate surface area is 138 Å². The number of hydrogen-bond acceptors (Lipinski definition) is 4. The lowest BCUT2D eigenvalue weighted by Gasteiger charge is -2.11. The topological polar surface area (TPSA) is 73.9 Å². The van der Waals surface area contributed by atoms with Crippen LogP contribution in [0.1, 0.15) is 22.4 Å². The van der Waals surface area contributed by atoms with Crippen LogP contribution in [-0.4, -0.2) is 26.6 Å². The third-order valence-electron chi connectivity index (χ3n) is 4.15. The van der Waals surface area contributed by atoms with Crippen molar-refractivity contribution in [3.8, 4) is 5.75 Å². The first-order valence-corrected chi connectivity index (χ1v) is 8.65. The molecule has 2 aromatic heterocycles. The second kappa shape index (κ2) is 6.22. The van der Waals surface area contributed by atoms with E-state index < -0.39 is 11.2 Å². The molecule has 6 heteroatoms. The van der Waals surface area contributed by atoms with Crippen LogP contribution < -0.4 is 4.74 Å². The number of ether oxygens (including phenoxy) is 1. The summed E-state index contributed by atoms with van der Waals surface area (Å²) in [6.07, 6.45) is 1.83. The summed E-state index contributed by atoms with van der Waals surface area (Å²) >= 11 is -1.27. The first-order chi connectivity index (χ1) is 11.0. The van der Waals surface area contributed by atoms with E-state index in [0.29, 0.717) is 10.9 Å². The third kappa shape index (κ3) is 3.04. The van der Waals surface area contributed by atoms with Gasteiger partial charge in [-0.1, -0.05) is 0 Å². The molecule has 3 rings (SSSR count). The van der Waals surface area contributed by atoms with Gasteiger partial charge in [0, 0.05) is 23.4 Å². The Morgan fingerprint density at radius 2 is 2.00 bits per heavy atom. The fraction of sp³-hybridized carbons (Fsp3) is 0.294. The largest absolute Gasteiger partial charge is 0.609 e. The molecular weight excluding hydrogens is 310 g/mol. The number of nitrogens with zero attached hydrogens (tertiary/aromatic N) is 2. The summed E-state index contributed by atoms with van der Waals surface area (Å²) in [5.74, 6) is 1.08. The van der Waals surface area contributed by atoms with E-state index in [4.69, 9.17) is 4.74 Å². The summed E-state index contributed by atoms with van der Waals surface area (Å²) < 4.78 is 17.8. The van der Waals surface area contributed by atoms with Crippen LogP contribution in [0.4, 0.5) is 0 Å². The molecule has 23 heavy (non-hydrogen) atoms. The van der Waals surface area contributed by atoms with Gasteiger partial charge in [-0.05, 0) is 49.6 Å². The van der Waals surface area contributed by atoms with Crippen molar-refractivity contribution in [1.29, 1.82) is 0 Å². The summed E-state index contributed by atoms with van der Waals surface area (Å²) in [4.78, 5) is 12.0. The summed E-state index contributed by atoms with van der Waals surface area (Å²) in [6, 6.07) is 5.55. The number of benzene rings is 1. The molecule has 120 valence electrons. The fourth-order valence-corrected chi connectivity index (χ4v) is 3.52. The summed E-state index contributed by atoms with van der Waals surface area (Å²) in [6.45, 7) is 6.11. The average Bonchev–Trinajstić information content (AvgIpc) is 2.98. The molecule has 0 spiro atoms. The van der Waals surface area contributed by atoms with Gasteiger partial charge in [-0.25, -0.2) is 0 Å². The van der Waals surface area contributed by atoms with E-state index in [1.165, 1.54) is 5.56 Å². The van der Waals surface area contributed by atoms with Gasteiger partial charge in [0.15, 0.2) is 5.75 Å². The van der Waals surface area contributed by atoms with Crippen LogP contribution in [0.2, 0.25) is 0 Å². The Kier molecular flexibility index (Phi) is 4.28. The molecular formula is C17H19N3O2S. The molecule has 2 heterocycles. The van der Waals surface area contributed by atoms with Crippen LogP contribution in [0.15, 0.2) is 29.6 Å². The monoisotopic (exact) mass is 329 g/mol. The van der Waals surface area contributed by atoms with Crippen molar-refractivity contribution >= 4 is 22.2 Å². The first-order valence-electron chi connectivity index (χ1n) is 7.33. The van der Waals surface area contributed by atoms with E-state index >= 15 is 0 Å². The number of imidazole rings is 1. The highest BCUT2D eigenvalue weighted by Crippen LogP contribution is 2.23. The van der Waals surface area contributed by atoms with Crippen molar-refractivity contribution in [3.05, 3.63) is 46.8 Å². The number of fused-ring (bicyclic) bond motifs is 1. The molecule has 0 radical (unpaired) electrons. The minimum Gasteiger partial charge on any atom is -0.609 e. The van der Waals surface area contributed by atoms with Crippen molar-refractivity contribution in [1.82, 2.24) is 15.0 Å². The van der Waals surface area contributed by atoms with Crippen molar-refractivity contribution in [2.45, 2.75) is 31.7 Å². The molecule has 0 amide bonds. The number of rotatable bonds is 4. The number of methoxy groups -OCH3 is 1. The molecule has 0 fully saturated rings. The molecule has 0 aliphatic rings. The zero-order chi connectivity index (χ0) is 16.6. The maximum atomic E-state index is 12.6. The maximum absolute atomic E-state index is 12.6. The standard InChI is InChI=1S/C17H19N3O2S/c1-10-8-18-16(12(3)11(10)2)9-23(21)17-19-14-6-5-13(22-4)7-15(14)20-17/h5-8H,9H2,1-4H3,(H,19,20)/t23-/m1/s1. The molecule has 0 aliphatic heterocycles. The van der Waals surface area contributed by atoms with Gasteiger partial charge in [0.2, 0.25) is 0 Å². The van der Waals surface area contributed by atoms with Crippen LogP contribution in [0.25, 0.3) is 11.0 Å². The highest BCUT2D eigenvalue weighted by Gasteiger charge is 2.20. The van der Waals surface area contributed by atoms with Crippen LogP contribution in [0.5, 0.6) is 5.75 Å². The van der Waals surface area contributed by atoms with Gasteiger partial charge in [0.05, 0.1) is 23.8 Å². The van der Waals surface area contributed by atoms with E-state index in [0.717, 1.165) is 33.6 Å². The van der Waals surface area contributed by atoms with Crippen LogP contribution in [-0.2, 0) is 16.9 Å². The fourth-order valence-electron chi connectivity index (χ4n) is 2.42. The lowest BCUT2D eigenvalue weighted by molar-refractivity contribution is 0.415. The van der Waals surface area contributed by atoms with Gasteiger partial charge in [0.25, 0.3) is 0 Å². The number of H-pyrrole nitrogens is 1. The predicted molar refractivity (Wildman–Crippen MR) is 91.2 cm³/mol. The minimum atomic E-state index is -1.27. The predicted octanol–water partition coefficient (Wildman–Crippen LogP) is 3.20. The molecule has 3 aromatic rings. The molecule has 1 N–H and O–H groups in total. The van der Waals surface area contributed by atoms with Gasteiger partial charge in [-0.3, -0.25) is 9.97 Å². The molecule has 1 atom stereocenters. The molecule has 1 aromatic carbocycles. The Hall–Kier alpha value is -2.05. The SMILES string of the molecule is COc1ccc2[nH]c([S@+]([O-])Cc3ncc(C)c(C)c3C)nc2c1. The summed E-state index contributed by atoms with van der Waals surface area (Å²) in [5, 5.41) is 0.465. The molecule has 0 unspecified atom stereocenters. The van der Waals surface area contributed by atoms with Crippen molar-refractivity contribution in [2.24, 2.45) is 0 Å². The normalized spacial score (nSPS) is 12.6. The van der Waals surface area contributed by atoms with Gasteiger partial charge < -0.3 is 9.29 Å². The van der Waals surface area contributed by atoms with Crippen molar-refractivity contribution in [3.63, 3.8) is 0 Å². The van der Waals surface area contributed by atoms with Crippen molar-refractivity contribution < 1.29 is 9.29 Å². The Morgan fingerprint density at radius 1 is 1.22 bits per heavy atom. The van der Waals surface area contributed by atoms with Crippen LogP contribution >= 0.6 is 0 Å². The second-order valence-corrected chi connectivity index (χ2v) is 6.92. The summed E-state index contributed by atoms with van der Waals surface area (Å²) in [7, 11) is 1.61. The molecule has 0 bridgehead atoms. The number of nitrogens with one attached hydrogen (secondary N) is 1. The minimum absolute atomic E-state index is 0.351. The number of aromatic amines is 1. The average molecular weight is 329 g/mol. The maximum Gasteiger partial charge on any atom is 0.322 e. The third-order valence-corrected chi connectivity index (χ3v) is 5.31. The first kappa shape index (κ1) is 15.8. The number of aryl methyl sites for hydroxylation is 1. The zero-order valence-electron chi connectivity index (χ0n) is 13.6. The molecule has 0 saturated heterocycles. The Morgan fingerprint density at radius 3 is 2.74 bits per heavy atom. The smallest absolute Gasteiger partial charge is 0.322 e. The van der Waals surface area contributed by atoms with Gasteiger partial charge >= 0.3 is 5.16 Å². The highest BCUT2D eigenvalue weighted by atomic mass is 32.2. The Balaban J connectivity index is 1.88. The van der Waals surface area contributed by atoms with E-state index in [2.05, 4.69) is 21.9 Å². The van der Waals surface area contributed by atoms with E-state index in [1.807, 2.05) is 38.2 Å². The van der Waals surface area contributed by atoms with E-state index in [9.17, 15) is 4.55 Å². The number of aromatic nitrogens is 3. The van der Waals surface area contributed by atoms with Gasteiger partial charge in [0.1, 0.15) is 5.75 Å². The second-order valence-electron chi connectivity index (χ2n) is 5.55. The van der Waals surface area contributed by atoms with Gasteiger partial charge in [-0.2, -0.15) is 4.98 Å². The highest BCUT2D eigenvalue weighted by molar-refractivity contribution is 7.90. The van der Waals surface area contributed by atoms with Crippen LogP contribution in [0, 0.1) is 20.8 Å². The zero-order valence-corrected chi connectivity index (χ0v) is 14.5. The van der Waals surface area contributed by atoms with Gasteiger partial charge in [-0.15, -0.1) is 0 Å². The van der Waals surface area contributed by atoms with E-state index in [-0.39, 0.29) is 0 Å². The molecule has 0 saturated carbocycles. The summed E-state index contributed by atoms with van der Waals surface area (Å²) in [5.41, 5.74) is 5.88. The molecule has 5 nitrogen and oxygen atoms in total. The van der Waals surface area contributed by atoms with E-state index in [1.54, 1.807) is 7.11 Å².